The zero-order chi connectivity index (χ0) is 23.9. The van der Waals surface area contributed by atoms with Crippen molar-refractivity contribution in [3.63, 3.8) is 0 Å². The van der Waals surface area contributed by atoms with E-state index in [1.807, 2.05) is 0 Å². The molecule has 0 saturated carbocycles. The molecule has 2 atom stereocenters. The predicted octanol–water partition coefficient (Wildman–Crippen LogP) is 4.77. The number of benzene rings is 2. The van der Waals surface area contributed by atoms with E-state index in [-0.39, 0.29) is 17.2 Å². The molecule has 34 heavy (non-hydrogen) atoms. The number of amides is 1. The Hall–Kier alpha value is -3.60. The third kappa shape index (κ3) is 4.18. The number of aromatic nitrogens is 3. The van der Waals surface area contributed by atoms with Gasteiger partial charge in [0.05, 0.1) is 22.3 Å². The minimum absolute atomic E-state index is 0.135. The molecule has 0 saturated heterocycles. The Morgan fingerprint density at radius 1 is 1.12 bits per heavy atom. The summed E-state index contributed by atoms with van der Waals surface area (Å²) >= 11 is 1.02. The molecular weight excluding hydrogens is 469 g/mol. The van der Waals surface area contributed by atoms with Crippen LogP contribution in [0.3, 0.4) is 0 Å². The van der Waals surface area contributed by atoms with Crippen molar-refractivity contribution < 1.29 is 27.4 Å². The van der Waals surface area contributed by atoms with Crippen LogP contribution in [0.2, 0.25) is 0 Å². The number of anilines is 1. The molecule has 0 spiro atoms. The second kappa shape index (κ2) is 8.64. The van der Waals surface area contributed by atoms with Gasteiger partial charge in [-0.2, -0.15) is 18.3 Å². The molecule has 7 nitrogen and oxygen atoms in total. The zero-order valence-electron chi connectivity index (χ0n) is 17.9. The standard InChI is InChI=1S/C23H19F3N4O3S/c1-14-20(33-17-8-3-2-7-16(17)32-14)21(31)30(13-12-29-11-5-10-27-29)22-28-19-15(23(24,25)26)6-4-9-18(19)34-22/h2-11,14,20H,12-13H2,1H3. The fourth-order valence-corrected chi connectivity index (χ4v) is 4.78. The molecule has 176 valence electrons. The van der Waals surface area contributed by atoms with Gasteiger partial charge in [-0.25, -0.2) is 4.98 Å². The summed E-state index contributed by atoms with van der Waals surface area (Å²) in [5, 5.41) is 4.30. The number of alkyl halides is 3. The fourth-order valence-electron chi connectivity index (χ4n) is 3.76. The van der Waals surface area contributed by atoms with Gasteiger partial charge in [0.15, 0.2) is 16.6 Å². The Balaban J connectivity index is 1.51. The number of carbonyl (C=O) groups is 1. The number of halogens is 3. The largest absolute Gasteiger partial charge is 0.482 e. The summed E-state index contributed by atoms with van der Waals surface area (Å²) < 4.78 is 54.4. The van der Waals surface area contributed by atoms with E-state index in [1.165, 1.54) is 11.0 Å². The Labute approximate surface area is 196 Å². The quantitative estimate of drug-likeness (QED) is 0.405. The van der Waals surface area contributed by atoms with E-state index in [4.69, 9.17) is 9.47 Å². The van der Waals surface area contributed by atoms with E-state index in [0.717, 1.165) is 17.4 Å². The lowest BCUT2D eigenvalue weighted by atomic mass is 10.1. The maximum atomic E-state index is 13.7. The molecule has 11 heteroatoms. The van der Waals surface area contributed by atoms with Crippen molar-refractivity contribution in [3.8, 4) is 11.5 Å². The van der Waals surface area contributed by atoms with E-state index in [0.29, 0.717) is 22.7 Å². The van der Waals surface area contributed by atoms with Gasteiger partial charge >= 0.3 is 6.18 Å². The lowest BCUT2D eigenvalue weighted by molar-refractivity contribution is -0.136. The molecule has 0 radical (unpaired) electrons. The number of thiazole rings is 1. The summed E-state index contributed by atoms with van der Waals surface area (Å²) in [5.74, 6) is 0.494. The number of rotatable bonds is 5. The van der Waals surface area contributed by atoms with E-state index in [9.17, 15) is 18.0 Å². The lowest BCUT2D eigenvalue weighted by Gasteiger charge is -2.33. The number of carbonyl (C=O) groups excluding carboxylic acids is 1. The third-order valence-electron chi connectivity index (χ3n) is 5.41. The van der Waals surface area contributed by atoms with Crippen molar-refractivity contribution >= 4 is 32.6 Å². The topological polar surface area (TPSA) is 69.5 Å². The van der Waals surface area contributed by atoms with Crippen molar-refractivity contribution in [2.75, 3.05) is 11.4 Å². The maximum absolute atomic E-state index is 13.7. The van der Waals surface area contributed by atoms with Crippen molar-refractivity contribution in [3.05, 3.63) is 66.5 Å². The first-order valence-electron chi connectivity index (χ1n) is 10.5. The summed E-state index contributed by atoms with van der Waals surface area (Å²) in [6.07, 6.45) is -2.83. The molecule has 1 amide bonds. The molecule has 2 aromatic heterocycles. The van der Waals surface area contributed by atoms with Crippen molar-refractivity contribution in [1.29, 1.82) is 0 Å². The van der Waals surface area contributed by atoms with E-state index in [2.05, 4.69) is 10.1 Å². The number of para-hydroxylation sites is 3. The molecule has 2 aromatic carbocycles. The van der Waals surface area contributed by atoms with Gasteiger partial charge in [0, 0.05) is 18.9 Å². The van der Waals surface area contributed by atoms with Gasteiger partial charge in [0.1, 0.15) is 6.10 Å². The molecule has 5 rings (SSSR count). The average Bonchev–Trinajstić information content (AvgIpc) is 3.47. The summed E-state index contributed by atoms with van der Waals surface area (Å²) in [6, 6.07) is 12.6. The summed E-state index contributed by atoms with van der Waals surface area (Å²) in [5.41, 5.74) is -1.03. The smallest absolute Gasteiger partial charge is 0.418 e. The van der Waals surface area contributed by atoms with Crippen molar-refractivity contribution in [2.45, 2.75) is 31.9 Å². The van der Waals surface area contributed by atoms with Gasteiger partial charge in [-0.05, 0) is 37.3 Å². The minimum Gasteiger partial charge on any atom is -0.482 e. The molecule has 1 aliphatic rings. The first-order chi connectivity index (χ1) is 16.3. The van der Waals surface area contributed by atoms with Crippen molar-refractivity contribution in [1.82, 2.24) is 14.8 Å². The van der Waals surface area contributed by atoms with Crippen LogP contribution in [0.15, 0.2) is 60.9 Å². The Kier molecular flexibility index (Phi) is 5.64. The second-order valence-electron chi connectivity index (χ2n) is 7.71. The maximum Gasteiger partial charge on any atom is 0.418 e. The second-order valence-corrected chi connectivity index (χ2v) is 8.72. The number of fused-ring (bicyclic) bond motifs is 2. The Bertz CT molecular complexity index is 1320. The minimum atomic E-state index is -4.56. The molecule has 0 aliphatic carbocycles. The summed E-state index contributed by atoms with van der Waals surface area (Å²) in [6.45, 7) is 2.17. The summed E-state index contributed by atoms with van der Waals surface area (Å²) in [7, 11) is 0. The van der Waals surface area contributed by atoms with Gasteiger partial charge < -0.3 is 9.47 Å². The molecule has 2 unspecified atom stereocenters. The predicted molar refractivity (Wildman–Crippen MR) is 120 cm³/mol. The van der Waals surface area contributed by atoms with Crippen LogP contribution in [0.4, 0.5) is 18.3 Å². The number of hydrogen-bond acceptors (Lipinski definition) is 6. The van der Waals surface area contributed by atoms with Crippen LogP contribution in [0.5, 0.6) is 11.5 Å². The highest BCUT2D eigenvalue weighted by Crippen LogP contribution is 2.39. The highest BCUT2D eigenvalue weighted by Gasteiger charge is 2.39. The molecule has 0 N–H and O–H groups in total. The van der Waals surface area contributed by atoms with Gasteiger partial charge in [-0.15, -0.1) is 0 Å². The van der Waals surface area contributed by atoms with Crippen LogP contribution in [-0.4, -0.2) is 39.4 Å². The van der Waals surface area contributed by atoms with Crippen LogP contribution in [0.25, 0.3) is 10.2 Å². The Morgan fingerprint density at radius 3 is 2.59 bits per heavy atom. The number of nitrogens with zero attached hydrogens (tertiary/aromatic N) is 4. The Morgan fingerprint density at radius 2 is 1.88 bits per heavy atom. The highest BCUT2D eigenvalue weighted by molar-refractivity contribution is 7.22. The van der Waals surface area contributed by atoms with Gasteiger partial charge in [-0.1, -0.05) is 29.5 Å². The van der Waals surface area contributed by atoms with Crippen molar-refractivity contribution in [2.24, 2.45) is 0 Å². The summed E-state index contributed by atoms with van der Waals surface area (Å²) in [4.78, 5) is 19.3. The van der Waals surface area contributed by atoms with Crippen LogP contribution >= 0.6 is 11.3 Å². The van der Waals surface area contributed by atoms with Gasteiger partial charge in [0.25, 0.3) is 5.91 Å². The van der Waals surface area contributed by atoms with Gasteiger partial charge in [-0.3, -0.25) is 14.4 Å². The van der Waals surface area contributed by atoms with Crippen LogP contribution in [0, 0.1) is 0 Å². The molecule has 0 bridgehead atoms. The third-order valence-corrected chi connectivity index (χ3v) is 6.45. The molecular formula is C23H19F3N4O3S. The van der Waals surface area contributed by atoms with E-state index >= 15 is 0 Å². The first kappa shape index (κ1) is 22.2. The monoisotopic (exact) mass is 488 g/mol. The van der Waals surface area contributed by atoms with Gasteiger partial charge in [0.2, 0.25) is 6.10 Å². The normalized spacial score (nSPS) is 17.6. The van der Waals surface area contributed by atoms with E-state index in [1.54, 1.807) is 60.4 Å². The molecule has 3 heterocycles. The molecule has 0 fully saturated rings. The lowest BCUT2D eigenvalue weighted by Crippen LogP contribution is -2.51. The number of hydrogen-bond donors (Lipinski definition) is 0. The highest BCUT2D eigenvalue weighted by atomic mass is 32.1. The molecule has 4 aromatic rings. The van der Waals surface area contributed by atoms with Crippen LogP contribution in [0.1, 0.15) is 12.5 Å². The average molecular weight is 488 g/mol. The molecule has 1 aliphatic heterocycles. The van der Waals surface area contributed by atoms with E-state index < -0.39 is 29.9 Å². The van der Waals surface area contributed by atoms with Crippen LogP contribution in [-0.2, 0) is 17.5 Å². The fraction of sp³-hybridized carbons (Fsp3) is 0.261. The number of ether oxygens (including phenoxy) is 2. The SMILES string of the molecule is CC1Oc2ccccc2OC1C(=O)N(CCn1cccn1)c1nc2c(C(F)(F)F)cccc2s1. The zero-order valence-corrected chi connectivity index (χ0v) is 18.7. The van der Waals surface area contributed by atoms with Crippen LogP contribution < -0.4 is 14.4 Å². The first-order valence-corrected chi connectivity index (χ1v) is 11.3.